The van der Waals surface area contributed by atoms with Crippen LogP contribution in [0.25, 0.3) is 5.57 Å². The van der Waals surface area contributed by atoms with Gasteiger partial charge in [0.1, 0.15) is 23.2 Å². The fourth-order valence-corrected chi connectivity index (χ4v) is 3.20. The Hall–Kier alpha value is -2.65. The Balaban J connectivity index is 2.29. The van der Waals surface area contributed by atoms with Crippen molar-refractivity contribution in [3.63, 3.8) is 0 Å². The molecule has 0 aliphatic carbocycles. The highest BCUT2D eigenvalue weighted by atomic mass is 32.2. The lowest BCUT2D eigenvalue weighted by Gasteiger charge is -2.09. The van der Waals surface area contributed by atoms with Crippen molar-refractivity contribution >= 4 is 29.2 Å². The Morgan fingerprint density at radius 3 is 2.69 bits per heavy atom. The van der Waals surface area contributed by atoms with Crippen molar-refractivity contribution in [1.82, 2.24) is 0 Å². The second kappa shape index (κ2) is 9.73. The summed E-state index contributed by atoms with van der Waals surface area (Å²) >= 11 is 1.66. The van der Waals surface area contributed by atoms with Crippen molar-refractivity contribution in [3.8, 4) is 6.07 Å². The normalized spacial score (nSPS) is 15.8. The molecule has 0 fully saturated rings. The zero-order valence-corrected chi connectivity index (χ0v) is 16.0. The van der Waals surface area contributed by atoms with Crippen molar-refractivity contribution in [2.24, 2.45) is 0 Å². The average Bonchev–Trinajstić information content (AvgIpc) is 2.98. The maximum absolute atomic E-state index is 12.0. The summed E-state index contributed by atoms with van der Waals surface area (Å²) in [7, 11) is 1.54. The summed E-state index contributed by atoms with van der Waals surface area (Å²) in [5.41, 5.74) is 2.20. The molecule has 5 nitrogen and oxygen atoms in total. The fourth-order valence-electron chi connectivity index (χ4n) is 2.36. The first-order valence-electron chi connectivity index (χ1n) is 8.41. The molecule has 1 aromatic carbocycles. The summed E-state index contributed by atoms with van der Waals surface area (Å²) < 4.78 is 13.8. The first-order valence-corrected chi connectivity index (χ1v) is 9.40. The molecule has 0 saturated heterocycles. The van der Waals surface area contributed by atoms with Crippen LogP contribution in [0.2, 0.25) is 0 Å². The third-order valence-corrected chi connectivity index (χ3v) is 4.64. The van der Waals surface area contributed by atoms with Crippen LogP contribution in [0.4, 0.5) is 5.69 Å². The summed E-state index contributed by atoms with van der Waals surface area (Å²) in [6, 6.07) is 9.53. The number of allylic oxidation sites excluding steroid dienone is 3. The van der Waals surface area contributed by atoms with Gasteiger partial charge in [0.2, 0.25) is 0 Å². The molecule has 1 N–H and O–H groups in total. The number of hydrogen-bond acceptors (Lipinski definition) is 6. The Morgan fingerprint density at radius 1 is 1.38 bits per heavy atom. The molecule has 0 bridgehead atoms. The molecule has 1 heterocycles. The highest BCUT2D eigenvalue weighted by molar-refractivity contribution is 8.00. The van der Waals surface area contributed by atoms with Crippen LogP contribution >= 0.6 is 11.9 Å². The number of nitrogens with zero attached hydrogens (tertiary/aromatic N) is 1. The van der Waals surface area contributed by atoms with Crippen LogP contribution in [0.1, 0.15) is 32.3 Å². The zero-order chi connectivity index (χ0) is 18.9. The van der Waals surface area contributed by atoms with Crippen LogP contribution < -0.4 is 4.72 Å². The number of ether oxygens (including phenoxy) is 2. The first kappa shape index (κ1) is 19.7. The molecule has 1 aliphatic heterocycles. The van der Waals surface area contributed by atoms with E-state index in [9.17, 15) is 10.1 Å². The minimum absolute atomic E-state index is 0.000774. The summed E-state index contributed by atoms with van der Waals surface area (Å²) in [6.45, 7) is 3.98. The van der Waals surface area contributed by atoms with Gasteiger partial charge in [-0.3, -0.25) is 0 Å². The second-order valence-electron chi connectivity index (χ2n) is 5.54. The molecule has 1 aromatic rings. The molecular formula is C20H22N2O3S. The number of benzene rings is 1. The largest absolute Gasteiger partial charge is 0.497 e. The predicted octanol–water partition coefficient (Wildman–Crippen LogP) is 4.81. The van der Waals surface area contributed by atoms with Crippen LogP contribution in [0.3, 0.4) is 0 Å². The lowest BCUT2D eigenvalue weighted by Crippen LogP contribution is -1.96. The van der Waals surface area contributed by atoms with Gasteiger partial charge in [-0.2, -0.15) is 5.26 Å². The number of rotatable bonds is 8. The quantitative estimate of drug-likeness (QED) is 0.306. The van der Waals surface area contributed by atoms with Gasteiger partial charge >= 0.3 is 5.97 Å². The van der Waals surface area contributed by atoms with Crippen LogP contribution in [0.15, 0.2) is 53.5 Å². The lowest BCUT2D eigenvalue weighted by atomic mass is 9.99. The SMILES string of the molecule is C/C=C(/C=C1\OC(=O)C(C#N)=C1c1ccc(NSCCCC)cc1)OC. The summed E-state index contributed by atoms with van der Waals surface area (Å²) in [4.78, 5) is 12.0. The maximum atomic E-state index is 12.0. The number of carbonyl (C=O) groups is 1. The van der Waals surface area contributed by atoms with Gasteiger partial charge in [0.15, 0.2) is 0 Å². The van der Waals surface area contributed by atoms with Gasteiger partial charge in [0.25, 0.3) is 0 Å². The van der Waals surface area contributed by atoms with Crippen molar-refractivity contribution in [1.29, 1.82) is 5.26 Å². The van der Waals surface area contributed by atoms with Gasteiger partial charge in [0, 0.05) is 23.1 Å². The number of nitrogens with one attached hydrogen (secondary N) is 1. The van der Waals surface area contributed by atoms with Gasteiger partial charge in [-0.05, 0) is 37.1 Å². The number of anilines is 1. The van der Waals surface area contributed by atoms with E-state index in [4.69, 9.17) is 9.47 Å². The van der Waals surface area contributed by atoms with E-state index in [1.165, 1.54) is 7.11 Å². The van der Waals surface area contributed by atoms with Crippen molar-refractivity contribution < 1.29 is 14.3 Å². The number of unbranched alkanes of at least 4 members (excludes halogenated alkanes) is 1. The smallest absolute Gasteiger partial charge is 0.355 e. The summed E-state index contributed by atoms with van der Waals surface area (Å²) in [6.07, 6.45) is 5.69. The van der Waals surface area contributed by atoms with Gasteiger partial charge in [-0.1, -0.05) is 37.4 Å². The molecule has 0 radical (unpaired) electrons. The fraction of sp³-hybridized carbons (Fsp3) is 0.300. The molecule has 1 aliphatic rings. The van der Waals surface area contributed by atoms with Crippen LogP contribution in [0.5, 0.6) is 0 Å². The molecule has 0 aromatic heterocycles. The van der Waals surface area contributed by atoms with E-state index in [1.54, 1.807) is 24.1 Å². The van der Waals surface area contributed by atoms with E-state index < -0.39 is 5.97 Å². The molecule has 2 rings (SSSR count). The summed E-state index contributed by atoms with van der Waals surface area (Å²) in [5, 5.41) is 9.36. The number of cyclic esters (lactones) is 1. The number of nitriles is 1. The topological polar surface area (TPSA) is 71.4 Å². The van der Waals surface area contributed by atoms with E-state index in [-0.39, 0.29) is 5.57 Å². The third kappa shape index (κ3) is 4.70. The van der Waals surface area contributed by atoms with Gasteiger partial charge in [0.05, 0.1) is 7.11 Å². The molecular weight excluding hydrogens is 348 g/mol. The molecule has 6 heteroatoms. The highest BCUT2D eigenvalue weighted by Gasteiger charge is 2.31. The van der Waals surface area contributed by atoms with E-state index in [2.05, 4.69) is 11.6 Å². The van der Waals surface area contributed by atoms with E-state index in [1.807, 2.05) is 37.3 Å². The average molecular weight is 370 g/mol. The Kier molecular flexibility index (Phi) is 7.37. The van der Waals surface area contributed by atoms with Gasteiger partial charge < -0.3 is 14.2 Å². The van der Waals surface area contributed by atoms with Crippen molar-refractivity contribution in [3.05, 3.63) is 59.1 Å². The zero-order valence-electron chi connectivity index (χ0n) is 15.2. The Bertz CT molecular complexity index is 786. The second-order valence-corrected chi connectivity index (χ2v) is 6.44. The van der Waals surface area contributed by atoms with Gasteiger partial charge in [-0.25, -0.2) is 4.79 Å². The van der Waals surface area contributed by atoms with Gasteiger partial charge in [-0.15, -0.1) is 0 Å². The first-order chi connectivity index (χ1) is 12.6. The van der Waals surface area contributed by atoms with Crippen molar-refractivity contribution in [2.75, 3.05) is 17.6 Å². The third-order valence-electron chi connectivity index (χ3n) is 3.77. The predicted molar refractivity (Wildman–Crippen MR) is 105 cm³/mol. The monoisotopic (exact) mass is 370 g/mol. The number of esters is 1. The lowest BCUT2D eigenvalue weighted by molar-refractivity contribution is -0.132. The van der Waals surface area contributed by atoms with E-state index in [0.29, 0.717) is 17.1 Å². The van der Waals surface area contributed by atoms with E-state index >= 15 is 0 Å². The van der Waals surface area contributed by atoms with E-state index in [0.717, 1.165) is 29.8 Å². The minimum atomic E-state index is -0.641. The number of methoxy groups -OCH3 is 1. The molecule has 26 heavy (non-hydrogen) atoms. The summed E-state index contributed by atoms with van der Waals surface area (Å²) in [5.74, 6) is 1.27. The van der Waals surface area contributed by atoms with Crippen LogP contribution in [0, 0.1) is 11.3 Å². The molecule has 0 atom stereocenters. The number of carbonyl (C=O) groups excluding carboxylic acids is 1. The Labute approximate surface area is 158 Å². The molecule has 136 valence electrons. The standard InChI is InChI=1S/C20H22N2O3S/c1-4-6-11-26-22-15-9-7-14(8-10-15)19-17(13-21)20(23)25-18(19)12-16(5-2)24-3/h5,7-10,12,22H,4,6,11H2,1-3H3/b16-5-,18-12-. The maximum Gasteiger partial charge on any atom is 0.355 e. The minimum Gasteiger partial charge on any atom is -0.497 e. The number of hydrogen-bond donors (Lipinski definition) is 1. The van der Waals surface area contributed by atoms with Crippen molar-refractivity contribution in [2.45, 2.75) is 26.7 Å². The molecule has 0 unspecified atom stereocenters. The molecule has 0 spiro atoms. The molecule has 0 amide bonds. The van der Waals surface area contributed by atoms with Crippen LogP contribution in [-0.4, -0.2) is 18.8 Å². The molecule has 0 saturated carbocycles. The highest BCUT2D eigenvalue weighted by Crippen LogP contribution is 2.35. The van der Waals surface area contributed by atoms with Crippen LogP contribution in [-0.2, 0) is 14.3 Å². The Morgan fingerprint density at radius 2 is 2.12 bits per heavy atom.